The van der Waals surface area contributed by atoms with Crippen LogP contribution in [0.5, 0.6) is 0 Å². The number of hydrogen-bond acceptors (Lipinski definition) is 4. The summed E-state index contributed by atoms with van der Waals surface area (Å²) in [6.07, 6.45) is 19.0. The number of esters is 1. The summed E-state index contributed by atoms with van der Waals surface area (Å²) in [5.41, 5.74) is 0. The minimum Gasteiger partial charge on any atom is -0.460 e. The van der Waals surface area contributed by atoms with Gasteiger partial charge in [-0.2, -0.15) is 0 Å². The van der Waals surface area contributed by atoms with Gasteiger partial charge in [0.2, 0.25) is 0 Å². The van der Waals surface area contributed by atoms with E-state index in [0.29, 0.717) is 0 Å². The molecule has 24 heavy (non-hydrogen) atoms. The molecule has 0 aliphatic rings. The molecule has 0 aliphatic heterocycles. The van der Waals surface area contributed by atoms with Gasteiger partial charge in [0.15, 0.2) is 0 Å². The van der Waals surface area contributed by atoms with E-state index in [1.54, 1.807) is 0 Å². The number of carbonyl (C=O) groups is 1. The molecule has 1 unspecified atom stereocenters. The summed E-state index contributed by atoms with van der Waals surface area (Å²) in [6.45, 7) is 1.71. The number of hydrogen-bond donors (Lipinski definition) is 2. The van der Waals surface area contributed by atoms with E-state index in [1.165, 1.54) is 76.7 Å². The van der Waals surface area contributed by atoms with Crippen LogP contribution in [0.15, 0.2) is 12.2 Å². The standard InChI is InChI=1S/C20H38O4/c1-2-3-4-5-6-7-8-9-10-11-12-13-14-15-16-20(23)24-18-19(22)17-21/h15-16,19,21-22H,2-14,17-18H2,1H3. The van der Waals surface area contributed by atoms with Crippen LogP contribution in [0.25, 0.3) is 0 Å². The lowest BCUT2D eigenvalue weighted by molar-refractivity contribution is -0.141. The predicted molar refractivity (Wildman–Crippen MR) is 98.9 cm³/mol. The highest BCUT2D eigenvalue weighted by Crippen LogP contribution is 2.12. The fourth-order valence-electron chi connectivity index (χ4n) is 2.56. The molecule has 0 spiro atoms. The topological polar surface area (TPSA) is 66.8 Å². The summed E-state index contributed by atoms with van der Waals surface area (Å²) in [5, 5.41) is 17.6. The van der Waals surface area contributed by atoms with E-state index in [9.17, 15) is 4.79 Å². The van der Waals surface area contributed by atoms with Crippen molar-refractivity contribution in [2.75, 3.05) is 13.2 Å². The number of aliphatic hydroxyl groups is 2. The molecule has 0 saturated carbocycles. The third-order valence-electron chi connectivity index (χ3n) is 4.11. The molecule has 142 valence electrons. The van der Waals surface area contributed by atoms with Gasteiger partial charge in [0, 0.05) is 6.08 Å². The molecular formula is C20H38O4. The summed E-state index contributed by atoms with van der Waals surface area (Å²) >= 11 is 0. The average Bonchev–Trinajstić information content (AvgIpc) is 2.59. The molecule has 0 fully saturated rings. The molecule has 0 saturated heterocycles. The molecule has 2 N–H and O–H groups in total. The number of ether oxygens (including phenoxy) is 1. The second-order valence-electron chi connectivity index (χ2n) is 6.55. The van der Waals surface area contributed by atoms with Gasteiger partial charge in [-0.15, -0.1) is 0 Å². The maximum Gasteiger partial charge on any atom is 0.330 e. The summed E-state index contributed by atoms with van der Waals surface area (Å²) < 4.78 is 4.77. The maximum absolute atomic E-state index is 11.3. The second kappa shape index (κ2) is 18.5. The van der Waals surface area contributed by atoms with E-state index in [0.717, 1.165) is 12.8 Å². The summed E-state index contributed by atoms with van der Waals surface area (Å²) in [4.78, 5) is 11.3. The Morgan fingerprint density at radius 2 is 1.42 bits per heavy atom. The molecule has 0 aliphatic carbocycles. The lowest BCUT2D eigenvalue weighted by Gasteiger charge is -2.06. The van der Waals surface area contributed by atoms with Gasteiger partial charge >= 0.3 is 5.97 Å². The summed E-state index contributed by atoms with van der Waals surface area (Å²) in [7, 11) is 0. The first-order valence-electron chi connectivity index (χ1n) is 9.83. The number of unbranched alkanes of at least 4 members (excludes halogenated alkanes) is 12. The predicted octanol–water partition coefficient (Wildman–Crippen LogP) is 4.53. The van der Waals surface area contributed by atoms with Crippen LogP contribution in [-0.2, 0) is 9.53 Å². The zero-order chi connectivity index (χ0) is 17.9. The first kappa shape index (κ1) is 23.1. The van der Waals surface area contributed by atoms with Crippen LogP contribution in [0.4, 0.5) is 0 Å². The number of aliphatic hydroxyl groups excluding tert-OH is 2. The van der Waals surface area contributed by atoms with E-state index in [2.05, 4.69) is 6.92 Å². The Labute approximate surface area is 148 Å². The zero-order valence-electron chi connectivity index (χ0n) is 15.5. The minimum absolute atomic E-state index is 0.154. The van der Waals surface area contributed by atoms with Crippen LogP contribution in [0, 0.1) is 0 Å². The quantitative estimate of drug-likeness (QED) is 0.231. The van der Waals surface area contributed by atoms with Gasteiger partial charge in [-0.1, -0.05) is 83.6 Å². The summed E-state index contributed by atoms with van der Waals surface area (Å²) in [6, 6.07) is 0. The molecule has 0 radical (unpaired) electrons. The molecule has 0 aromatic heterocycles. The molecule has 0 bridgehead atoms. The van der Waals surface area contributed by atoms with E-state index in [4.69, 9.17) is 14.9 Å². The lowest BCUT2D eigenvalue weighted by atomic mass is 10.0. The fourth-order valence-corrected chi connectivity index (χ4v) is 2.56. The van der Waals surface area contributed by atoms with Gasteiger partial charge in [0.05, 0.1) is 6.61 Å². The van der Waals surface area contributed by atoms with Crippen LogP contribution in [0.3, 0.4) is 0 Å². The molecule has 4 heteroatoms. The Balaban J connectivity index is 3.24. The Morgan fingerprint density at radius 1 is 0.917 bits per heavy atom. The Morgan fingerprint density at radius 3 is 1.92 bits per heavy atom. The van der Waals surface area contributed by atoms with E-state index in [1.807, 2.05) is 6.08 Å². The van der Waals surface area contributed by atoms with Gasteiger partial charge in [0.25, 0.3) is 0 Å². The molecule has 1 atom stereocenters. The van der Waals surface area contributed by atoms with Gasteiger partial charge in [-0.3, -0.25) is 0 Å². The van der Waals surface area contributed by atoms with Crippen molar-refractivity contribution in [1.82, 2.24) is 0 Å². The number of rotatable bonds is 17. The first-order valence-corrected chi connectivity index (χ1v) is 9.83. The van der Waals surface area contributed by atoms with Gasteiger partial charge in [-0.05, 0) is 12.8 Å². The molecule has 0 aromatic rings. The smallest absolute Gasteiger partial charge is 0.330 e. The molecular weight excluding hydrogens is 304 g/mol. The van der Waals surface area contributed by atoms with E-state index >= 15 is 0 Å². The zero-order valence-corrected chi connectivity index (χ0v) is 15.5. The van der Waals surface area contributed by atoms with Crippen molar-refractivity contribution in [3.05, 3.63) is 12.2 Å². The van der Waals surface area contributed by atoms with E-state index in [-0.39, 0.29) is 6.61 Å². The third-order valence-corrected chi connectivity index (χ3v) is 4.11. The molecule has 0 amide bonds. The summed E-state index contributed by atoms with van der Waals surface area (Å²) in [5.74, 6) is -0.457. The van der Waals surface area contributed by atoms with Crippen molar-refractivity contribution in [3.8, 4) is 0 Å². The Bertz CT molecular complexity index is 302. The van der Waals surface area contributed by atoms with Crippen molar-refractivity contribution in [1.29, 1.82) is 0 Å². The van der Waals surface area contributed by atoms with Crippen molar-refractivity contribution >= 4 is 5.97 Å². The van der Waals surface area contributed by atoms with Gasteiger partial charge in [-0.25, -0.2) is 4.79 Å². The maximum atomic E-state index is 11.3. The van der Waals surface area contributed by atoms with Crippen molar-refractivity contribution in [2.45, 2.75) is 96.5 Å². The fraction of sp³-hybridized carbons (Fsp3) is 0.850. The van der Waals surface area contributed by atoms with E-state index < -0.39 is 18.7 Å². The average molecular weight is 343 g/mol. The molecule has 0 aromatic carbocycles. The minimum atomic E-state index is -0.987. The molecule has 0 rings (SSSR count). The van der Waals surface area contributed by atoms with Crippen LogP contribution < -0.4 is 0 Å². The second-order valence-corrected chi connectivity index (χ2v) is 6.55. The molecule has 4 nitrogen and oxygen atoms in total. The van der Waals surface area contributed by atoms with Crippen LogP contribution in [-0.4, -0.2) is 35.5 Å². The highest BCUT2D eigenvalue weighted by Gasteiger charge is 2.04. The van der Waals surface area contributed by atoms with Gasteiger partial charge < -0.3 is 14.9 Å². The Kier molecular flexibility index (Phi) is 17.8. The van der Waals surface area contributed by atoms with Crippen LogP contribution in [0.2, 0.25) is 0 Å². The third kappa shape index (κ3) is 17.5. The van der Waals surface area contributed by atoms with Crippen LogP contribution in [0.1, 0.15) is 90.4 Å². The van der Waals surface area contributed by atoms with Crippen molar-refractivity contribution in [3.63, 3.8) is 0 Å². The molecule has 0 heterocycles. The van der Waals surface area contributed by atoms with Crippen molar-refractivity contribution in [2.24, 2.45) is 0 Å². The largest absolute Gasteiger partial charge is 0.460 e. The van der Waals surface area contributed by atoms with Crippen LogP contribution >= 0.6 is 0 Å². The highest BCUT2D eigenvalue weighted by atomic mass is 16.5. The first-order chi connectivity index (χ1) is 11.7. The SMILES string of the molecule is CCCCCCCCCCCCCCC=CC(=O)OCC(O)CO. The lowest BCUT2D eigenvalue weighted by Crippen LogP contribution is -2.21. The normalized spacial score (nSPS) is 12.6. The van der Waals surface area contributed by atoms with Crippen molar-refractivity contribution < 1.29 is 19.7 Å². The number of allylic oxidation sites excluding steroid dienone is 1. The monoisotopic (exact) mass is 342 g/mol. The highest BCUT2D eigenvalue weighted by molar-refractivity contribution is 5.81. The van der Waals surface area contributed by atoms with Gasteiger partial charge in [0.1, 0.15) is 12.7 Å². The number of carbonyl (C=O) groups excluding carboxylic acids is 1. The Hall–Kier alpha value is -0.870.